The number of carboxylic acids is 1. The maximum absolute atomic E-state index is 13.2. The van der Waals surface area contributed by atoms with Gasteiger partial charge in [-0.3, -0.25) is 28.8 Å². The van der Waals surface area contributed by atoms with Crippen LogP contribution in [-0.4, -0.2) is 163 Å². The minimum atomic E-state index is -0.731. The summed E-state index contributed by atoms with van der Waals surface area (Å²) in [6.45, 7) is 8.58. The van der Waals surface area contributed by atoms with Crippen LogP contribution in [0.1, 0.15) is 73.5 Å². The number of halogens is 1. The molecule has 0 bridgehead atoms. The number of alkyl halides is 1. The number of aromatic nitrogens is 2. The molecule has 0 radical (unpaired) electrons. The number of carbonyl (C=O) groups excluding carboxylic acids is 5. The van der Waals surface area contributed by atoms with Gasteiger partial charge in [0.15, 0.2) is 0 Å². The fourth-order valence-corrected chi connectivity index (χ4v) is 10.7. The van der Waals surface area contributed by atoms with E-state index < -0.39 is 5.97 Å². The quantitative estimate of drug-likeness (QED) is 0.151. The van der Waals surface area contributed by atoms with Gasteiger partial charge in [0.25, 0.3) is 11.8 Å². The molecule has 6 aliphatic rings. The molecule has 4 aromatic rings. The lowest BCUT2D eigenvalue weighted by Crippen LogP contribution is -2.51. The largest absolute Gasteiger partial charge is 0.481 e. The number of fused-ring (bicyclic) bond motifs is 2. The Kier molecular flexibility index (Phi) is 19.4. The first kappa shape index (κ1) is 53.2. The van der Waals surface area contributed by atoms with Crippen molar-refractivity contribution in [2.75, 3.05) is 117 Å². The molecule has 17 nitrogen and oxygen atoms in total. The van der Waals surface area contributed by atoms with Crippen molar-refractivity contribution in [3.63, 3.8) is 0 Å². The Morgan fingerprint density at radius 1 is 0.603 bits per heavy atom. The molecule has 0 atom stereocenters. The summed E-state index contributed by atoms with van der Waals surface area (Å²) in [6.07, 6.45) is 10.00. The van der Waals surface area contributed by atoms with Crippen molar-refractivity contribution in [1.29, 1.82) is 0 Å². The molecular weight excluding hydrogens is 1040 g/mol. The highest BCUT2D eigenvalue weighted by Gasteiger charge is 2.36. The number of nitrogens with zero attached hydrogens (tertiary/aromatic N) is 9. The summed E-state index contributed by atoms with van der Waals surface area (Å²) in [7, 11) is 3.42. The van der Waals surface area contributed by atoms with E-state index in [1.165, 1.54) is 4.90 Å². The van der Waals surface area contributed by atoms with Crippen LogP contribution >= 0.6 is 22.6 Å². The van der Waals surface area contributed by atoms with E-state index in [-0.39, 0.29) is 60.4 Å². The highest BCUT2D eigenvalue weighted by Crippen LogP contribution is 2.34. The normalized spacial score (nSPS) is 22.4. The first-order valence-electron chi connectivity index (χ1n) is 26.3. The molecule has 390 valence electrons. The Balaban J connectivity index is 0.000000176. The van der Waals surface area contributed by atoms with Crippen LogP contribution in [0.2, 0.25) is 0 Å². The van der Waals surface area contributed by atoms with Gasteiger partial charge in [0, 0.05) is 99.2 Å². The predicted octanol–water partition coefficient (Wildman–Crippen LogP) is 6.19. The standard InChI is InChI=1S/C27H33N5O3.C18H22N2O4.C9H13N3.CH3I/c1-29-23-7-3-2-6-22(23)27(35)32(19-25(29)33)18-20-9-11-21(12-10-20)26(34)31-16-14-30(15-17-31)24-8-4-5-13-28-24;1-19-15-5-3-2-4-14(15)17(22)20(11-16(19)21)10-12-6-8-13(9-7-12)18(23)24;1-2-4-11-9(3-1)12-7-5-10-6-8-12;1-2/h2-8,13,20-21H,9-12,14-19H2,1H3;2-5,12-13H,6-11H2,1H3,(H,23,24);1-4,10H,5-8H2;1H3/i;;;1D. The number of amides is 5. The molecular formula is C55H71IN10O7. The number of piperazine rings is 2. The summed E-state index contributed by atoms with van der Waals surface area (Å²) in [5.74, 6) is 1.58. The number of anilines is 4. The van der Waals surface area contributed by atoms with Crippen molar-refractivity contribution in [3.8, 4) is 0 Å². The second-order valence-electron chi connectivity index (χ2n) is 19.5. The number of para-hydroxylation sites is 2. The second kappa shape index (κ2) is 26.7. The van der Waals surface area contributed by atoms with Crippen LogP contribution in [-0.2, 0) is 19.2 Å². The summed E-state index contributed by atoms with van der Waals surface area (Å²) in [6, 6.07) is 26.4. The molecule has 2 aromatic carbocycles. The zero-order valence-corrected chi connectivity index (χ0v) is 44.4. The SMILES string of the molecule is CN1C(=O)CN(CC2CCC(C(=O)N3CCN(c4ccccn4)CC3)CC2)C(=O)c2ccccc21.CN1C(=O)CN(CC2CCC(C(=O)O)CC2)C(=O)c2ccccc21.[2H]CI.c1ccc(N2CCNCC2)nc1. The molecule has 2 aromatic heterocycles. The molecule has 4 aliphatic heterocycles. The summed E-state index contributed by atoms with van der Waals surface area (Å²) in [5, 5.41) is 12.4. The van der Waals surface area contributed by atoms with Crippen molar-refractivity contribution in [1.82, 2.24) is 30.0 Å². The summed E-state index contributed by atoms with van der Waals surface area (Å²) >= 11 is 1.96. The average molecular weight is 1110 g/mol. The number of hydrogen-bond acceptors (Lipinski definition) is 11. The number of benzene rings is 2. The van der Waals surface area contributed by atoms with Crippen molar-refractivity contribution in [3.05, 3.63) is 108 Å². The fourth-order valence-electron chi connectivity index (χ4n) is 10.7. The van der Waals surface area contributed by atoms with Gasteiger partial charge in [-0.15, -0.1) is 0 Å². The van der Waals surface area contributed by atoms with Crippen LogP contribution in [0.15, 0.2) is 97.3 Å². The third-order valence-electron chi connectivity index (χ3n) is 15.0. The van der Waals surface area contributed by atoms with Gasteiger partial charge in [-0.25, -0.2) is 9.97 Å². The number of carbonyl (C=O) groups is 6. The van der Waals surface area contributed by atoms with E-state index in [0.29, 0.717) is 59.3 Å². The third-order valence-corrected chi connectivity index (χ3v) is 15.0. The molecule has 18 heteroatoms. The smallest absolute Gasteiger partial charge is 0.306 e. The number of pyridine rings is 2. The monoisotopic (exact) mass is 1110 g/mol. The Bertz CT molecular complexity index is 2500. The zero-order valence-electron chi connectivity index (χ0n) is 43.2. The third kappa shape index (κ3) is 14.1. The maximum atomic E-state index is 13.2. The van der Waals surface area contributed by atoms with Crippen LogP contribution in [0, 0.1) is 23.7 Å². The molecule has 5 amide bonds. The lowest BCUT2D eigenvalue weighted by atomic mass is 9.81. The van der Waals surface area contributed by atoms with Crippen molar-refractivity contribution < 1.29 is 35.2 Å². The molecule has 2 aliphatic carbocycles. The Labute approximate surface area is 444 Å². The first-order valence-corrected chi connectivity index (χ1v) is 27.1. The van der Waals surface area contributed by atoms with E-state index in [4.69, 9.17) is 6.48 Å². The molecule has 2 saturated heterocycles. The number of rotatable bonds is 8. The topological polar surface area (TPSA) is 183 Å². The Morgan fingerprint density at radius 3 is 1.44 bits per heavy atom. The van der Waals surface area contributed by atoms with Gasteiger partial charge in [-0.1, -0.05) is 59.0 Å². The summed E-state index contributed by atoms with van der Waals surface area (Å²) in [5.41, 5.74) is 2.44. The van der Waals surface area contributed by atoms with Gasteiger partial charge in [-0.2, -0.15) is 0 Å². The van der Waals surface area contributed by atoms with E-state index in [0.717, 1.165) is 103 Å². The van der Waals surface area contributed by atoms with Crippen LogP contribution in [0.5, 0.6) is 0 Å². The van der Waals surface area contributed by atoms with Crippen LogP contribution < -0.4 is 24.9 Å². The van der Waals surface area contributed by atoms with Gasteiger partial charge in [-0.05, 0) is 117 Å². The number of carboxylic acid groups (broad SMARTS) is 1. The Morgan fingerprint density at radius 2 is 1.01 bits per heavy atom. The zero-order chi connectivity index (χ0) is 52.6. The van der Waals surface area contributed by atoms with Crippen molar-refractivity contribution in [2.45, 2.75) is 51.4 Å². The van der Waals surface area contributed by atoms with Crippen LogP contribution in [0.4, 0.5) is 23.0 Å². The maximum Gasteiger partial charge on any atom is 0.306 e. The van der Waals surface area contributed by atoms with E-state index in [2.05, 4.69) is 31.2 Å². The molecule has 10 rings (SSSR count). The summed E-state index contributed by atoms with van der Waals surface area (Å²) < 4.78 is 6.20. The molecule has 73 heavy (non-hydrogen) atoms. The molecule has 2 N–H and O–H groups in total. The highest BCUT2D eigenvalue weighted by molar-refractivity contribution is 14.1. The molecule has 0 unspecified atom stereocenters. The van der Waals surface area contributed by atoms with E-state index in [9.17, 15) is 28.8 Å². The van der Waals surface area contributed by atoms with E-state index >= 15 is 0 Å². The molecule has 2 saturated carbocycles. The number of hydrogen-bond donors (Lipinski definition) is 2. The molecule has 6 heterocycles. The minimum absolute atomic E-state index is 0.0565. The van der Waals surface area contributed by atoms with Gasteiger partial charge < -0.3 is 44.7 Å². The second-order valence-corrected chi connectivity index (χ2v) is 19.5. The lowest BCUT2D eigenvalue weighted by molar-refractivity contribution is -0.143. The number of nitrogens with one attached hydrogen (secondary N) is 1. The van der Waals surface area contributed by atoms with Gasteiger partial charge in [0.2, 0.25) is 17.7 Å². The fraction of sp³-hybridized carbons (Fsp3) is 0.491. The van der Waals surface area contributed by atoms with Crippen LogP contribution in [0.3, 0.4) is 0 Å². The summed E-state index contributed by atoms with van der Waals surface area (Å²) in [4.78, 5) is 97.5. The van der Waals surface area contributed by atoms with Crippen LogP contribution in [0.25, 0.3) is 0 Å². The number of aliphatic carboxylic acids is 1. The predicted molar refractivity (Wildman–Crippen MR) is 292 cm³/mol. The van der Waals surface area contributed by atoms with E-state index in [1.54, 1.807) is 59.3 Å². The Hall–Kier alpha value is -6.15. The van der Waals surface area contributed by atoms with Crippen molar-refractivity contribution in [2.24, 2.45) is 23.7 Å². The lowest BCUT2D eigenvalue weighted by Gasteiger charge is -2.38. The molecule has 0 spiro atoms. The molecule has 4 fully saturated rings. The van der Waals surface area contributed by atoms with E-state index in [1.807, 2.05) is 88.3 Å². The number of likely N-dealkylation sites (N-methyl/N-ethyl adjacent to an activating group) is 2. The van der Waals surface area contributed by atoms with Crippen molar-refractivity contribution >= 4 is 81.1 Å². The van der Waals surface area contributed by atoms with Gasteiger partial charge in [0.05, 0.1) is 28.4 Å². The highest BCUT2D eigenvalue weighted by atomic mass is 127. The minimum Gasteiger partial charge on any atom is -0.481 e. The van der Waals surface area contributed by atoms with Gasteiger partial charge in [0.1, 0.15) is 24.7 Å². The van der Waals surface area contributed by atoms with Gasteiger partial charge >= 0.3 is 5.97 Å². The average Bonchev–Trinajstić information content (AvgIpc) is 3.59. The first-order chi connectivity index (χ1) is 35.9.